The summed E-state index contributed by atoms with van der Waals surface area (Å²) in [5.41, 5.74) is 6.95. The fourth-order valence-corrected chi connectivity index (χ4v) is 1.77. The zero-order valence-corrected chi connectivity index (χ0v) is 11.1. The Kier molecular flexibility index (Phi) is 3.66. The molecule has 1 aromatic heterocycles. The average Bonchev–Trinajstić information content (AvgIpc) is 2.79. The number of amides is 1. The second-order valence-corrected chi connectivity index (χ2v) is 5.21. The van der Waals surface area contributed by atoms with Gasteiger partial charge in [0.25, 0.3) is 0 Å². The standard InChI is InChI=1S/C14H18N4O/c1-14(2,15)10-13(19)17-11-5-3-6-12(9-11)18-8-4-7-16-18/h3-9H,10,15H2,1-2H3,(H,17,19). The molecule has 5 nitrogen and oxygen atoms in total. The Bertz CT molecular complexity index is 555. The fraction of sp³-hybridized carbons (Fsp3) is 0.286. The van der Waals surface area contributed by atoms with Gasteiger partial charge < -0.3 is 11.1 Å². The Labute approximate surface area is 112 Å². The highest BCUT2D eigenvalue weighted by Gasteiger charge is 2.16. The lowest BCUT2D eigenvalue weighted by Crippen LogP contribution is -2.36. The van der Waals surface area contributed by atoms with E-state index in [0.717, 1.165) is 11.4 Å². The maximum atomic E-state index is 11.8. The molecule has 0 unspecified atom stereocenters. The van der Waals surface area contributed by atoms with Gasteiger partial charge >= 0.3 is 0 Å². The van der Waals surface area contributed by atoms with Crippen LogP contribution in [0, 0.1) is 0 Å². The van der Waals surface area contributed by atoms with Gasteiger partial charge in [-0.25, -0.2) is 4.68 Å². The number of aromatic nitrogens is 2. The lowest BCUT2D eigenvalue weighted by Gasteiger charge is -2.17. The van der Waals surface area contributed by atoms with Crippen molar-refractivity contribution >= 4 is 11.6 Å². The molecule has 0 aliphatic carbocycles. The van der Waals surface area contributed by atoms with Crippen LogP contribution in [0.15, 0.2) is 42.7 Å². The Hall–Kier alpha value is -2.14. The van der Waals surface area contributed by atoms with E-state index in [1.807, 2.05) is 50.4 Å². The fourth-order valence-electron chi connectivity index (χ4n) is 1.77. The lowest BCUT2D eigenvalue weighted by atomic mass is 10.0. The van der Waals surface area contributed by atoms with Crippen molar-refractivity contribution < 1.29 is 4.79 Å². The van der Waals surface area contributed by atoms with Crippen LogP contribution in [0.4, 0.5) is 5.69 Å². The minimum atomic E-state index is -0.510. The van der Waals surface area contributed by atoms with E-state index in [4.69, 9.17) is 5.73 Å². The van der Waals surface area contributed by atoms with Crippen LogP contribution in [0.5, 0.6) is 0 Å². The summed E-state index contributed by atoms with van der Waals surface area (Å²) in [5.74, 6) is -0.0925. The maximum absolute atomic E-state index is 11.8. The summed E-state index contributed by atoms with van der Waals surface area (Å²) in [6.07, 6.45) is 3.84. The van der Waals surface area contributed by atoms with Gasteiger partial charge in [-0.1, -0.05) is 6.07 Å². The summed E-state index contributed by atoms with van der Waals surface area (Å²) in [4.78, 5) is 11.8. The lowest BCUT2D eigenvalue weighted by molar-refractivity contribution is -0.117. The summed E-state index contributed by atoms with van der Waals surface area (Å²) in [6.45, 7) is 3.65. The van der Waals surface area contributed by atoms with Crippen molar-refractivity contribution in [2.24, 2.45) is 5.73 Å². The average molecular weight is 258 g/mol. The number of hydrogen-bond acceptors (Lipinski definition) is 3. The minimum Gasteiger partial charge on any atom is -0.326 e. The quantitative estimate of drug-likeness (QED) is 0.880. The van der Waals surface area contributed by atoms with Gasteiger partial charge in [0, 0.05) is 30.0 Å². The first-order chi connectivity index (χ1) is 8.94. The van der Waals surface area contributed by atoms with Crippen LogP contribution in [0.2, 0.25) is 0 Å². The molecule has 2 aromatic rings. The molecule has 0 saturated heterocycles. The molecule has 1 aromatic carbocycles. The Morgan fingerprint density at radius 2 is 2.21 bits per heavy atom. The first-order valence-electron chi connectivity index (χ1n) is 6.13. The summed E-state index contributed by atoms with van der Waals surface area (Å²) in [5, 5.41) is 6.99. The van der Waals surface area contributed by atoms with Crippen LogP contribution < -0.4 is 11.1 Å². The number of anilines is 1. The van der Waals surface area contributed by atoms with Crippen LogP contribution in [0.25, 0.3) is 5.69 Å². The number of rotatable bonds is 4. The molecule has 0 atom stereocenters. The van der Waals surface area contributed by atoms with E-state index in [2.05, 4.69) is 10.4 Å². The molecule has 0 spiro atoms. The molecular weight excluding hydrogens is 240 g/mol. The van der Waals surface area contributed by atoms with Crippen molar-refractivity contribution in [3.05, 3.63) is 42.7 Å². The van der Waals surface area contributed by atoms with Gasteiger partial charge in [-0.3, -0.25) is 4.79 Å². The predicted octanol–water partition coefficient (Wildman–Crippen LogP) is 1.94. The number of carbonyl (C=O) groups is 1. The first kappa shape index (κ1) is 13.3. The van der Waals surface area contributed by atoms with Gasteiger partial charge in [0.1, 0.15) is 0 Å². The summed E-state index contributed by atoms with van der Waals surface area (Å²) in [6, 6.07) is 9.36. The number of benzene rings is 1. The zero-order chi connectivity index (χ0) is 13.9. The second-order valence-electron chi connectivity index (χ2n) is 5.21. The maximum Gasteiger partial charge on any atom is 0.226 e. The van der Waals surface area contributed by atoms with Gasteiger partial charge in [-0.15, -0.1) is 0 Å². The summed E-state index contributed by atoms with van der Waals surface area (Å²) < 4.78 is 1.74. The van der Waals surface area contributed by atoms with Gasteiger partial charge in [0.2, 0.25) is 5.91 Å². The highest BCUT2D eigenvalue weighted by molar-refractivity contribution is 5.91. The molecule has 1 heterocycles. The van der Waals surface area contributed by atoms with Crippen LogP contribution in [0.1, 0.15) is 20.3 Å². The molecule has 0 fully saturated rings. The van der Waals surface area contributed by atoms with Gasteiger partial charge in [0.15, 0.2) is 0 Å². The van der Waals surface area contributed by atoms with Crippen molar-refractivity contribution in [3.63, 3.8) is 0 Å². The molecule has 5 heteroatoms. The molecule has 100 valence electrons. The highest BCUT2D eigenvalue weighted by atomic mass is 16.1. The molecule has 0 bridgehead atoms. The monoisotopic (exact) mass is 258 g/mol. The van der Waals surface area contributed by atoms with E-state index in [1.54, 1.807) is 10.9 Å². The summed E-state index contributed by atoms with van der Waals surface area (Å²) in [7, 11) is 0. The molecule has 0 aliphatic rings. The number of nitrogens with one attached hydrogen (secondary N) is 1. The van der Waals surface area contributed by atoms with Gasteiger partial charge in [0.05, 0.1) is 5.69 Å². The third-order valence-corrected chi connectivity index (χ3v) is 2.52. The molecule has 0 radical (unpaired) electrons. The Balaban J connectivity index is 2.10. The zero-order valence-electron chi connectivity index (χ0n) is 11.1. The largest absolute Gasteiger partial charge is 0.326 e. The van der Waals surface area contributed by atoms with Gasteiger partial charge in [-0.2, -0.15) is 5.10 Å². The van der Waals surface area contributed by atoms with Crippen LogP contribution in [-0.4, -0.2) is 21.2 Å². The van der Waals surface area contributed by atoms with Crippen molar-refractivity contribution in [1.82, 2.24) is 9.78 Å². The molecule has 19 heavy (non-hydrogen) atoms. The predicted molar refractivity (Wildman–Crippen MR) is 75.1 cm³/mol. The van der Waals surface area contributed by atoms with E-state index in [0.29, 0.717) is 0 Å². The Morgan fingerprint density at radius 3 is 2.84 bits per heavy atom. The van der Waals surface area contributed by atoms with Crippen molar-refractivity contribution in [3.8, 4) is 5.69 Å². The second kappa shape index (κ2) is 5.24. The molecule has 2 rings (SSSR count). The SMILES string of the molecule is CC(C)(N)CC(=O)Nc1cccc(-n2cccn2)c1. The van der Waals surface area contributed by atoms with Crippen LogP contribution in [0.3, 0.4) is 0 Å². The molecule has 0 saturated carbocycles. The van der Waals surface area contributed by atoms with Crippen molar-refractivity contribution in [2.75, 3.05) is 5.32 Å². The normalized spacial score (nSPS) is 11.3. The van der Waals surface area contributed by atoms with Crippen molar-refractivity contribution in [1.29, 1.82) is 0 Å². The van der Waals surface area contributed by atoms with E-state index in [-0.39, 0.29) is 12.3 Å². The third kappa shape index (κ3) is 3.93. The van der Waals surface area contributed by atoms with Crippen molar-refractivity contribution in [2.45, 2.75) is 25.8 Å². The molecule has 1 amide bonds. The van der Waals surface area contributed by atoms with Crippen LogP contribution >= 0.6 is 0 Å². The van der Waals surface area contributed by atoms with Crippen LogP contribution in [-0.2, 0) is 4.79 Å². The highest BCUT2D eigenvalue weighted by Crippen LogP contribution is 2.15. The third-order valence-electron chi connectivity index (χ3n) is 2.52. The minimum absolute atomic E-state index is 0.0925. The topological polar surface area (TPSA) is 72.9 Å². The Morgan fingerprint density at radius 1 is 1.42 bits per heavy atom. The molecular formula is C14H18N4O. The number of nitrogens with zero attached hydrogens (tertiary/aromatic N) is 2. The first-order valence-corrected chi connectivity index (χ1v) is 6.13. The molecule has 0 aliphatic heterocycles. The number of hydrogen-bond donors (Lipinski definition) is 2. The smallest absolute Gasteiger partial charge is 0.226 e. The van der Waals surface area contributed by atoms with E-state index >= 15 is 0 Å². The van der Waals surface area contributed by atoms with E-state index in [9.17, 15) is 4.79 Å². The number of nitrogens with two attached hydrogens (primary N) is 1. The number of carbonyl (C=O) groups excluding carboxylic acids is 1. The van der Waals surface area contributed by atoms with E-state index < -0.39 is 5.54 Å². The molecule has 3 N–H and O–H groups in total. The van der Waals surface area contributed by atoms with Gasteiger partial charge in [-0.05, 0) is 38.1 Å². The summed E-state index contributed by atoms with van der Waals surface area (Å²) >= 11 is 0. The van der Waals surface area contributed by atoms with E-state index in [1.165, 1.54) is 0 Å².